The van der Waals surface area contributed by atoms with E-state index in [2.05, 4.69) is 5.32 Å². The van der Waals surface area contributed by atoms with E-state index in [0.29, 0.717) is 18.8 Å². The Morgan fingerprint density at radius 1 is 1.12 bits per heavy atom. The first kappa shape index (κ1) is 16.1. The number of benzene rings is 2. The second-order valence-corrected chi connectivity index (χ2v) is 5.73. The summed E-state index contributed by atoms with van der Waals surface area (Å²) in [7, 11) is 0. The molecular formula is C19H20N2O3. The van der Waals surface area contributed by atoms with Crippen LogP contribution in [-0.4, -0.2) is 24.5 Å². The SMILES string of the molecule is CC1Oc2ccccc2N(CCC(=O)NCc2ccccc2)C1=O. The molecule has 2 aromatic carbocycles. The first-order chi connectivity index (χ1) is 11.6. The number of anilines is 1. The van der Waals surface area contributed by atoms with Gasteiger partial charge in [0, 0.05) is 19.5 Å². The van der Waals surface area contributed by atoms with Crippen LogP contribution in [-0.2, 0) is 16.1 Å². The lowest BCUT2D eigenvalue weighted by Crippen LogP contribution is -2.45. The Bertz CT molecular complexity index is 730. The summed E-state index contributed by atoms with van der Waals surface area (Å²) < 4.78 is 5.59. The molecule has 0 spiro atoms. The fourth-order valence-electron chi connectivity index (χ4n) is 2.69. The van der Waals surface area contributed by atoms with Crippen molar-refractivity contribution in [3.05, 3.63) is 60.2 Å². The summed E-state index contributed by atoms with van der Waals surface area (Å²) in [5.41, 5.74) is 1.77. The molecule has 0 aromatic heterocycles. The van der Waals surface area contributed by atoms with E-state index in [1.807, 2.05) is 54.6 Å². The molecule has 0 bridgehead atoms. The van der Waals surface area contributed by atoms with Gasteiger partial charge in [-0.1, -0.05) is 42.5 Å². The fourth-order valence-corrected chi connectivity index (χ4v) is 2.69. The highest BCUT2D eigenvalue weighted by Gasteiger charge is 2.31. The van der Waals surface area contributed by atoms with E-state index in [1.54, 1.807) is 11.8 Å². The number of carbonyl (C=O) groups excluding carboxylic acids is 2. The van der Waals surface area contributed by atoms with Crippen molar-refractivity contribution in [2.45, 2.75) is 26.0 Å². The van der Waals surface area contributed by atoms with Crippen LogP contribution in [0, 0.1) is 0 Å². The van der Waals surface area contributed by atoms with E-state index in [-0.39, 0.29) is 18.2 Å². The highest BCUT2D eigenvalue weighted by atomic mass is 16.5. The lowest BCUT2D eigenvalue weighted by atomic mass is 10.1. The predicted octanol–water partition coefficient (Wildman–Crippen LogP) is 2.51. The molecule has 24 heavy (non-hydrogen) atoms. The molecule has 0 aliphatic carbocycles. The van der Waals surface area contributed by atoms with E-state index in [1.165, 1.54) is 0 Å². The molecular weight excluding hydrogens is 304 g/mol. The molecule has 1 heterocycles. The van der Waals surface area contributed by atoms with Gasteiger partial charge in [-0.25, -0.2) is 0 Å². The zero-order valence-electron chi connectivity index (χ0n) is 13.6. The van der Waals surface area contributed by atoms with Crippen molar-refractivity contribution in [2.24, 2.45) is 0 Å². The third-order valence-corrected chi connectivity index (χ3v) is 3.97. The average molecular weight is 324 g/mol. The number of nitrogens with one attached hydrogen (secondary N) is 1. The van der Waals surface area contributed by atoms with Gasteiger partial charge >= 0.3 is 0 Å². The van der Waals surface area contributed by atoms with Crippen molar-refractivity contribution in [1.29, 1.82) is 0 Å². The lowest BCUT2D eigenvalue weighted by molar-refractivity contribution is -0.125. The lowest BCUT2D eigenvalue weighted by Gasteiger charge is -2.32. The number of ether oxygens (including phenoxy) is 1. The van der Waals surface area contributed by atoms with Crippen molar-refractivity contribution < 1.29 is 14.3 Å². The maximum absolute atomic E-state index is 12.3. The molecule has 1 aliphatic rings. The maximum Gasteiger partial charge on any atom is 0.267 e. The number of fused-ring (bicyclic) bond motifs is 1. The third kappa shape index (κ3) is 3.56. The second-order valence-electron chi connectivity index (χ2n) is 5.73. The summed E-state index contributed by atoms with van der Waals surface area (Å²) in [5, 5.41) is 2.88. The zero-order valence-corrected chi connectivity index (χ0v) is 13.6. The van der Waals surface area contributed by atoms with Crippen LogP contribution in [0.2, 0.25) is 0 Å². The highest BCUT2D eigenvalue weighted by molar-refractivity contribution is 6.00. The first-order valence-corrected chi connectivity index (χ1v) is 8.03. The van der Waals surface area contributed by atoms with Gasteiger partial charge in [0.1, 0.15) is 5.75 Å². The summed E-state index contributed by atoms with van der Waals surface area (Å²) in [4.78, 5) is 26.1. The Labute approximate surface area is 141 Å². The predicted molar refractivity (Wildman–Crippen MR) is 91.8 cm³/mol. The molecule has 0 saturated carbocycles. The van der Waals surface area contributed by atoms with Crippen molar-refractivity contribution in [2.75, 3.05) is 11.4 Å². The van der Waals surface area contributed by atoms with Crippen LogP contribution in [0.3, 0.4) is 0 Å². The quantitative estimate of drug-likeness (QED) is 0.919. The number of hydrogen-bond donors (Lipinski definition) is 1. The van der Waals surface area contributed by atoms with Gasteiger partial charge in [-0.15, -0.1) is 0 Å². The normalized spacial score (nSPS) is 16.3. The summed E-state index contributed by atoms with van der Waals surface area (Å²) >= 11 is 0. The maximum atomic E-state index is 12.3. The minimum Gasteiger partial charge on any atom is -0.479 e. The van der Waals surface area contributed by atoms with E-state index in [9.17, 15) is 9.59 Å². The molecule has 5 heteroatoms. The molecule has 124 valence electrons. The molecule has 1 unspecified atom stereocenters. The van der Waals surface area contributed by atoms with E-state index >= 15 is 0 Å². The van der Waals surface area contributed by atoms with Gasteiger partial charge in [-0.2, -0.15) is 0 Å². The molecule has 0 saturated heterocycles. The molecule has 0 fully saturated rings. The number of rotatable bonds is 5. The van der Waals surface area contributed by atoms with Crippen LogP contribution in [0.4, 0.5) is 5.69 Å². The Morgan fingerprint density at radius 2 is 1.83 bits per heavy atom. The van der Waals surface area contributed by atoms with Gasteiger partial charge in [-0.05, 0) is 24.6 Å². The Hall–Kier alpha value is -2.82. The van der Waals surface area contributed by atoms with Gasteiger partial charge in [-0.3, -0.25) is 9.59 Å². The standard InChI is InChI=1S/C19H20N2O3/c1-14-19(23)21(16-9-5-6-10-17(16)24-14)12-11-18(22)20-13-15-7-3-2-4-8-15/h2-10,14H,11-13H2,1H3,(H,20,22). The topological polar surface area (TPSA) is 58.6 Å². The monoisotopic (exact) mass is 324 g/mol. The third-order valence-electron chi connectivity index (χ3n) is 3.97. The van der Waals surface area contributed by atoms with Gasteiger partial charge < -0.3 is 15.0 Å². The average Bonchev–Trinajstić information content (AvgIpc) is 2.61. The Morgan fingerprint density at radius 3 is 2.62 bits per heavy atom. The minimum absolute atomic E-state index is 0.0803. The Balaban J connectivity index is 1.59. The molecule has 1 N–H and O–H groups in total. The van der Waals surface area contributed by atoms with Crippen molar-refractivity contribution in [3.63, 3.8) is 0 Å². The van der Waals surface area contributed by atoms with Crippen molar-refractivity contribution in [1.82, 2.24) is 5.32 Å². The summed E-state index contributed by atoms with van der Waals surface area (Å²) in [6.45, 7) is 2.55. The summed E-state index contributed by atoms with van der Waals surface area (Å²) in [5.74, 6) is 0.474. The van der Waals surface area contributed by atoms with Crippen LogP contribution in [0.5, 0.6) is 5.75 Å². The Kier molecular flexibility index (Phi) is 4.79. The van der Waals surface area contributed by atoms with Crippen LogP contribution in [0.1, 0.15) is 18.9 Å². The van der Waals surface area contributed by atoms with Gasteiger partial charge in [0.2, 0.25) is 5.91 Å². The largest absolute Gasteiger partial charge is 0.479 e. The molecule has 5 nitrogen and oxygen atoms in total. The minimum atomic E-state index is -0.535. The number of para-hydroxylation sites is 2. The van der Waals surface area contributed by atoms with Gasteiger partial charge in [0.05, 0.1) is 5.69 Å². The van der Waals surface area contributed by atoms with Crippen LogP contribution < -0.4 is 15.0 Å². The van der Waals surface area contributed by atoms with Gasteiger partial charge in [0.15, 0.2) is 6.10 Å². The zero-order chi connectivity index (χ0) is 16.9. The van der Waals surface area contributed by atoms with Crippen molar-refractivity contribution >= 4 is 17.5 Å². The molecule has 2 aromatic rings. The van der Waals surface area contributed by atoms with E-state index in [0.717, 1.165) is 11.3 Å². The van der Waals surface area contributed by atoms with Gasteiger partial charge in [0.25, 0.3) is 5.91 Å². The van der Waals surface area contributed by atoms with Crippen LogP contribution >= 0.6 is 0 Å². The highest BCUT2D eigenvalue weighted by Crippen LogP contribution is 2.33. The number of hydrogen-bond acceptors (Lipinski definition) is 3. The number of amides is 2. The molecule has 2 amide bonds. The molecule has 1 atom stereocenters. The second kappa shape index (κ2) is 7.17. The first-order valence-electron chi connectivity index (χ1n) is 8.03. The van der Waals surface area contributed by atoms with Crippen LogP contribution in [0.15, 0.2) is 54.6 Å². The smallest absolute Gasteiger partial charge is 0.267 e. The number of carbonyl (C=O) groups is 2. The van der Waals surface area contributed by atoms with E-state index in [4.69, 9.17) is 4.74 Å². The fraction of sp³-hybridized carbons (Fsp3) is 0.263. The molecule has 0 radical (unpaired) electrons. The molecule has 3 rings (SSSR count). The number of nitrogens with zero attached hydrogens (tertiary/aromatic N) is 1. The summed E-state index contributed by atoms with van der Waals surface area (Å²) in [6.07, 6.45) is -0.285. The molecule has 1 aliphatic heterocycles. The van der Waals surface area contributed by atoms with Crippen LogP contribution in [0.25, 0.3) is 0 Å². The van der Waals surface area contributed by atoms with E-state index < -0.39 is 6.10 Å². The summed E-state index contributed by atoms with van der Waals surface area (Å²) in [6, 6.07) is 17.1. The van der Waals surface area contributed by atoms with Crippen molar-refractivity contribution in [3.8, 4) is 5.75 Å².